The Balaban J connectivity index is 2.61. The molecule has 3 heteroatoms. The molecule has 17 heavy (non-hydrogen) atoms. The van der Waals surface area contributed by atoms with Gasteiger partial charge in [-0.1, -0.05) is 12.1 Å². The molecular formula is C14H21N3. The molecule has 1 N–H and O–H groups in total. The highest BCUT2D eigenvalue weighted by Gasteiger charge is 2.11. The normalized spacial score (nSPS) is 12.4. The van der Waals surface area contributed by atoms with Crippen molar-refractivity contribution in [2.45, 2.75) is 19.4 Å². The number of nitrogens with one attached hydrogen (secondary N) is 1. The van der Waals surface area contributed by atoms with E-state index in [4.69, 9.17) is 5.26 Å². The van der Waals surface area contributed by atoms with E-state index >= 15 is 0 Å². The van der Waals surface area contributed by atoms with Gasteiger partial charge in [0.05, 0.1) is 11.6 Å². The summed E-state index contributed by atoms with van der Waals surface area (Å²) >= 11 is 0. The minimum atomic E-state index is 0.347. The van der Waals surface area contributed by atoms with Gasteiger partial charge in [-0.15, -0.1) is 0 Å². The summed E-state index contributed by atoms with van der Waals surface area (Å²) in [7, 11) is 4.10. The van der Waals surface area contributed by atoms with E-state index in [-0.39, 0.29) is 0 Å². The van der Waals surface area contributed by atoms with Gasteiger partial charge in [-0.05, 0) is 58.2 Å². The molecule has 0 amide bonds. The molecule has 0 radical (unpaired) electrons. The van der Waals surface area contributed by atoms with E-state index in [1.807, 2.05) is 25.2 Å². The number of nitriles is 1. The minimum Gasteiger partial charge on any atom is -0.320 e. The Morgan fingerprint density at radius 2 is 2.24 bits per heavy atom. The lowest BCUT2D eigenvalue weighted by molar-refractivity contribution is 0.258. The first-order chi connectivity index (χ1) is 8.19. The monoisotopic (exact) mass is 231 g/mol. The minimum absolute atomic E-state index is 0.347. The van der Waals surface area contributed by atoms with Crippen molar-refractivity contribution in [1.82, 2.24) is 10.2 Å². The van der Waals surface area contributed by atoms with Crippen LogP contribution >= 0.6 is 0 Å². The lowest BCUT2D eigenvalue weighted by Crippen LogP contribution is -2.25. The molecule has 0 saturated heterocycles. The third-order valence-corrected chi connectivity index (χ3v) is 3.10. The first-order valence-electron chi connectivity index (χ1n) is 6.04. The maximum absolute atomic E-state index is 8.88. The first-order valence-corrected chi connectivity index (χ1v) is 6.04. The van der Waals surface area contributed by atoms with Gasteiger partial charge in [0.2, 0.25) is 0 Å². The largest absolute Gasteiger partial charge is 0.320 e. The van der Waals surface area contributed by atoms with E-state index < -0.39 is 0 Å². The van der Waals surface area contributed by atoms with E-state index in [1.165, 1.54) is 5.56 Å². The van der Waals surface area contributed by atoms with Gasteiger partial charge in [-0.3, -0.25) is 4.90 Å². The third-order valence-electron chi connectivity index (χ3n) is 3.10. The van der Waals surface area contributed by atoms with Crippen molar-refractivity contribution in [2.24, 2.45) is 0 Å². The fourth-order valence-corrected chi connectivity index (χ4v) is 1.82. The Kier molecular flexibility index (Phi) is 5.68. The van der Waals surface area contributed by atoms with Crippen molar-refractivity contribution in [2.75, 3.05) is 27.2 Å². The van der Waals surface area contributed by atoms with Crippen LogP contribution in [0.3, 0.4) is 0 Å². The molecule has 0 heterocycles. The summed E-state index contributed by atoms with van der Waals surface area (Å²) in [6, 6.07) is 10.4. The molecule has 0 fully saturated rings. The van der Waals surface area contributed by atoms with Crippen LogP contribution in [0, 0.1) is 11.3 Å². The van der Waals surface area contributed by atoms with Crippen molar-refractivity contribution in [3.63, 3.8) is 0 Å². The number of rotatable bonds is 6. The average molecular weight is 231 g/mol. The van der Waals surface area contributed by atoms with Crippen molar-refractivity contribution in [3.8, 4) is 6.07 Å². The SMILES string of the molecule is CNCCCN(C)C(C)c1cccc(C#N)c1. The molecule has 0 bridgehead atoms. The Morgan fingerprint density at radius 3 is 2.88 bits per heavy atom. The molecule has 1 aromatic carbocycles. The van der Waals surface area contributed by atoms with Gasteiger partial charge >= 0.3 is 0 Å². The van der Waals surface area contributed by atoms with E-state index in [1.54, 1.807) is 0 Å². The molecule has 0 aliphatic carbocycles. The molecule has 92 valence electrons. The topological polar surface area (TPSA) is 39.1 Å². The Morgan fingerprint density at radius 1 is 1.47 bits per heavy atom. The Bertz CT molecular complexity index is 381. The maximum Gasteiger partial charge on any atom is 0.0991 e. The summed E-state index contributed by atoms with van der Waals surface area (Å²) in [5.41, 5.74) is 1.94. The Hall–Kier alpha value is -1.37. The van der Waals surface area contributed by atoms with Crippen LogP contribution in [0.15, 0.2) is 24.3 Å². The van der Waals surface area contributed by atoms with Crippen LogP contribution in [0.4, 0.5) is 0 Å². The quantitative estimate of drug-likeness (QED) is 0.763. The second-order valence-corrected chi connectivity index (χ2v) is 4.35. The van der Waals surface area contributed by atoms with Crippen LogP contribution in [-0.4, -0.2) is 32.1 Å². The lowest BCUT2D eigenvalue weighted by atomic mass is 10.0. The second-order valence-electron chi connectivity index (χ2n) is 4.35. The molecular weight excluding hydrogens is 210 g/mol. The van der Waals surface area contributed by atoms with Crippen LogP contribution in [0.2, 0.25) is 0 Å². The predicted octanol–water partition coefficient (Wildman–Crippen LogP) is 2.16. The highest BCUT2D eigenvalue weighted by atomic mass is 15.1. The summed E-state index contributed by atoms with van der Waals surface area (Å²) in [6.45, 7) is 4.27. The molecule has 3 nitrogen and oxygen atoms in total. The molecule has 0 aliphatic rings. The summed E-state index contributed by atoms with van der Waals surface area (Å²) in [6.07, 6.45) is 1.13. The van der Waals surface area contributed by atoms with Gasteiger partial charge in [-0.2, -0.15) is 5.26 Å². The van der Waals surface area contributed by atoms with Crippen molar-refractivity contribution >= 4 is 0 Å². The molecule has 0 aromatic heterocycles. The molecule has 0 spiro atoms. The molecule has 1 aromatic rings. The van der Waals surface area contributed by atoms with E-state index in [0.29, 0.717) is 6.04 Å². The highest BCUT2D eigenvalue weighted by Crippen LogP contribution is 2.19. The van der Waals surface area contributed by atoms with Gasteiger partial charge in [0, 0.05) is 6.04 Å². The van der Waals surface area contributed by atoms with E-state index in [2.05, 4.69) is 36.3 Å². The first kappa shape index (κ1) is 13.7. The van der Waals surface area contributed by atoms with Gasteiger partial charge in [-0.25, -0.2) is 0 Å². The summed E-state index contributed by atoms with van der Waals surface area (Å²) in [4.78, 5) is 2.31. The van der Waals surface area contributed by atoms with E-state index in [9.17, 15) is 0 Å². The van der Waals surface area contributed by atoms with Crippen LogP contribution in [0.25, 0.3) is 0 Å². The number of hydrogen-bond donors (Lipinski definition) is 1. The molecule has 0 saturated carbocycles. The van der Waals surface area contributed by atoms with Crippen LogP contribution < -0.4 is 5.32 Å². The summed E-state index contributed by atoms with van der Waals surface area (Å²) in [5, 5.41) is 12.0. The molecule has 1 atom stereocenters. The molecule has 0 aliphatic heterocycles. The predicted molar refractivity (Wildman–Crippen MR) is 70.7 cm³/mol. The van der Waals surface area contributed by atoms with Gasteiger partial charge < -0.3 is 5.32 Å². The number of nitrogens with zero attached hydrogens (tertiary/aromatic N) is 2. The van der Waals surface area contributed by atoms with Crippen LogP contribution in [-0.2, 0) is 0 Å². The van der Waals surface area contributed by atoms with Crippen molar-refractivity contribution in [3.05, 3.63) is 35.4 Å². The van der Waals surface area contributed by atoms with Gasteiger partial charge in [0.25, 0.3) is 0 Å². The third kappa shape index (κ3) is 4.18. The van der Waals surface area contributed by atoms with Gasteiger partial charge in [0.1, 0.15) is 0 Å². The highest BCUT2D eigenvalue weighted by molar-refractivity contribution is 5.34. The average Bonchev–Trinajstić information content (AvgIpc) is 2.38. The standard InChI is InChI=1S/C14H21N3/c1-12(17(3)9-5-8-16-2)14-7-4-6-13(10-14)11-15/h4,6-7,10,12,16H,5,8-9H2,1-3H3. The second kappa shape index (κ2) is 7.05. The van der Waals surface area contributed by atoms with Crippen LogP contribution in [0.1, 0.15) is 30.5 Å². The number of benzene rings is 1. The van der Waals surface area contributed by atoms with Gasteiger partial charge in [0.15, 0.2) is 0 Å². The summed E-state index contributed by atoms with van der Waals surface area (Å²) < 4.78 is 0. The lowest BCUT2D eigenvalue weighted by Gasteiger charge is -2.25. The Labute approximate surface area is 104 Å². The zero-order chi connectivity index (χ0) is 12.7. The fraction of sp³-hybridized carbons (Fsp3) is 0.500. The van der Waals surface area contributed by atoms with Crippen molar-refractivity contribution in [1.29, 1.82) is 5.26 Å². The summed E-state index contributed by atoms with van der Waals surface area (Å²) in [5.74, 6) is 0. The van der Waals surface area contributed by atoms with E-state index in [0.717, 1.165) is 25.1 Å². The van der Waals surface area contributed by atoms with Crippen LogP contribution in [0.5, 0.6) is 0 Å². The maximum atomic E-state index is 8.88. The van der Waals surface area contributed by atoms with Crippen molar-refractivity contribution < 1.29 is 0 Å². The zero-order valence-corrected chi connectivity index (χ0v) is 10.9. The number of hydrogen-bond acceptors (Lipinski definition) is 3. The smallest absolute Gasteiger partial charge is 0.0991 e. The molecule has 1 unspecified atom stereocenters. The fourth-order valence-electron chi connectivity index (χ4n) is 1.82. The molecule has 1 rings (SSSR count). The zero-order valence-electron chi connectivity index (χ0n) is 10.9.